The fourth-order valence-corrected chi connectivity index (χ4v) is 6.20. The molecular weight excluding hydrogens is 362 g/mol. The van der Waals surface area contributed by atoms with Gasteiger partial charge in [0.15, 0.2) is 0 Å². The molecule has 1 unspecified atom stereocenters. The van der Waals surface area contributed by atoms with Crippen LogP contribution in [0.4, 0.5) is 5.69 Å². The summed E-state index contributed by atoms with van der Waals surface area (Å²) in [6.45, 7) is 9.51. The molecule has 4 aliphatic heterocycles. The highest BCUT2D eigenvalue weighted by molar-refractivity contribution is 7.89. The van der Waals surface area contributed by atoms with E-state index in [1.165, 1.54) is 0 Å². The highest BCUT2D eigenvalue weighted by Gasteiger charge is 2.39. The van der Waals surface area contributed by atoms with Crippen LogP contribution in [0.5, 0.6) is 0 Å². The second-order valence-corrected chi connectivity index (χ2v) is 10.5. The molecule has 7 heteroatoms. The molecule has 1 aromatic carbocycles. The molecule has 2 bridgehead atoms. The number of fused-ring (bicyclic) bond motifs is 4. The smallest absolute Gasteiger partial charge is 0.240 e. The topological polar surface area (TPSA) is 69.7 Å². The Morgan fingerprint density at radius 1 is 1.22 bits per heavy atom. The molecular formula is C20H29N3O3S. The van der Waals surface area contributed by atoms with Crippen LogP contribution in [0.3, 0.4) is 0 Å². The number of carbonyl (C=O) groups excluding carboxylic acids is 1. The predicted molar refractivity (Wildman–Crippen MR) is 105 cm³/mol. The molecule has 6 nitrogen and oxygen atoms in total. The number of benzene rings is 1. The highest BCUT2D eigenvalue weighted by atomic mass is 32.2. The van der Waals surface area contributed by atoms with E-state index in [0.717, 1.165) is 43.7 Å². The van der Waals surface area contributed by atoms with Gasteiger partial charge in [0.05, 0.1) is 4.90 Å². The summed E-state index contributed by atoms with van der Waals surface area (Å²) in [7, 11) is -3.58. The van der Waals surface area contributed by atoms with E-state index in [1.54, 1.807) is 23.1 Å². The number of piperidine rings is 3. The largest absolute Gasteiger partial charge is 0.312 e. The molecule has 1 amide bonds. The van der Waals surface area contributed by atoms with E-state index in [-0.39, 0.29) is 17.4 Å². The molecule has 4 aliphatic rings. The molecule has 0 radical (unpaired) electrons. The molecule has 4 heterocycles. The van der Waals surface area contributed by atoms with E-state index in [1.807, 2.05) is 20.8 Å². The highest BCUT2D eigenvalue weighted by Crippen LogP contribution is 2.41. The first kappa shape index (κ1) is 18.9. The molecule has 5 rings (SSSR count). The maximum atomic E-state index is 13.1. The van der Waals surface area contributed by atoms with Crippen molar-refractivity contribution >= 4 is 21.6 Å². The van der Waals surface area contributed by atoms with Gasteiger partial charge in [0.1, 0.15) is 0 Å². The molecule has 3 saturated heterocycles. The van der Waals surface area contributed by atoms with Crippen LogP contribution >= 0.6 is 0 Å². The molecule has 0 spiro atoms. The normalized spacial score (nSPS) is 29.7. The number of nitrogens with one attached hydrogen (secondary N) is 1. The lowest BCUT2D eigenvalue weighted by Gasteiger charge is -2.44. The molecule has 1 atom stereocenters. The third-order valence-electron chi connectivity index (χ3n) is 6.47. The van der Waals surface area contributed by atoms with Crippen LogP contribution < -0.4 is 9.62 Å². The van der Waals surface area contributed by atoms with Gasteiger partial charge in [-0.3, -0.25) is 4.79 Å². The van der Waals surface area contributed by atoms with Crippen molar-refractivity contribution < 1.29 is 13.2 Å². The van der Waals surface area contributed by atoms with Gasteiger partial charge in [-0.2, -0.15) is 0 Å². The van der Waals surface area contributed by atoms with Crippen molar-refractivity contribution in [2.45, 2.75) is 56.4 Å². The van der Waals surface area contributed by atoms with Gasteiger partial charge < -0.3 is 9.80 Å². The lowest BCUT2D eigenvalue weighted by molar-refractivity contribution is -0.120. The van der Waals surface area contributed by atoms with Gasteiger partial charge in [0, 0.05) is 36.7 Å². The monoisotopic (exact) mass is 391 g/mol. The van der Waals surface area contributed by atoms with E-state index in [0.29, 0.717) is 23.8 Å². The van der Waals surface area contributed by atoms with Gasteiger partial charge in [-0.25, -0.2) is 13.1 Å². The fourth-order valence-electron chi connectivity index (χ4n) is 4.88. The maximum Gasteiger partial charge on any atom is 0.240 e. The zero-order chi connectivity index (χ0) is 19.4. The number of nitrogens with zero attached hydrogens (tertiary/aromatic N) is 2. The van der Waals surface area contributed by atoms with Crippen molar-refractivity contribution in [3.8, 4) is 0 Å². The van der Waals surface area contributed by atoms with E-state index >= 15 is 0 Å². The Balaban J connectivity index is 1.65. The van der Waals surface area contributed by atoms with Gasteiger partial charge in [0.25, 0.3) is 0 Å². The van der Waals surface area contributed by atoms with Crippen molar-refractivity contribution in [3.63, 3.8) is 0 Å². The van der Waals surface area contributed by atoms with Crippen molar-refractivity contribution in [1.82, 2.24) is 9.62 Å². The maximum absolute atomic E-state index is 13.1. The lowest BCUT2D eigenvalue weighted by Crippen LogP contribution is -2.57. The third-order valence-corrected chi connectivity index (χ3v) is 7.96. The Kier molecular flexibility index (Phi) is 4.60. The van der Waals surface area contributed by atoms with Crippen LogP contribution in [0.15, 0.2) is 23.1 Å². The summed E-state index contributed by atoms with van der Waals surface area (Å²) in [6, 6.07) is 5.20. The average Bonchev–Trinajstić information content (AvgIpc) is 2.62. The van der Waals surface area contributed by atoms with Crippen LogP contribution in [0.25, 0.3) is 0 Å². The van der Waals surface area contributed by atoms with E-state index in [2.05, 4.69) is 9.62 Å². The number of hydrogen-bond donors (Lipinski definition) is 1. The Hall–Kier alpha value is -1.44. The van der Waals surface area contributed by atoms with Crippen LogP contribution in [-0.2, 0) is 20.2 Å². The zero-order valence-corrected chi connectivity index (χ0v) is 17.2. The van der Waals surface area contributed by atoms with Crippen molar-refractivity contribution in [1.29, 1.82) is 0 Å². The summed E-state index contributed by atoms with van der Waals surface area (Å²) in [5, 5.41) is 0. The van der Waals surface area contributed by atoms with E-state index < -0.39 is 10.0 Å². The molecule has 148 valence electrons. The molecule has 1 aromatic rings. The van der Waals surface area contributed by atoms with Gasteiger partial charge >= 0.3 is 0 Å². The number of sulfonamides is 1. The van der Waals surface area contributed by atoms with Gasteiger partial charge in [-0.05, 0) is 62.5 Å². The number of anilines is 1. The summed E-state index contributed by atoms with van der Waals surface area (Å²) in [5.74, 6) is 0.531. The van der Waals surface area contributed by atoms with Crippen LogP contribution in [0, 0.1) is 5.92 Å². The Labute approximate surface area is 162 Å². The van der Waals surface area contributed by atoms with Gasteiger partial charge in [-0.1, -0.05) is 13.8 Å². The fraction of sp³-hybridized carbons (Fsp3) is 0.650. The second kappa shape index (κ2) is 6.57. The summed E-state index contributed by atoms with van der Waals surface area (Å²) in [4.78, 5) is 16.8. The summed E-state index contributed by atoms with van der Waals surface area (Å²) >= 11 is 0. The van der Waals surface area contributed by atoms with Crippen molar-refractivity contribution in [2.24, 2.45) is 5.92 Å². The van der Waals surface area contributed by atoms with Crippen LogP contribution in [0.2, 0.25) is 0 Å². The predicted octanol–water partition coefficient (Wildman–Crippen LogP) is 2.09. The molecule has 0 aliphatic carbocycles. The lowest BCUT2D eigenvalue weighted by atomic mass is 9.77. The minimum atomic E-state index is -3.58. The van der Waals surface area contributed by atoms with E-state index in [4.69, 9.17) is 0 Å². The summed E-state index contributed by atoms with van der Waals surface area (Å²) in [6.07, 6.45) is 2.53. The second-order valence-electron chi connectivity index (χ2n) is 8.74. The van der Waals surface area contributed by atoms with E-state index in [9.17, 15) is 13.2 Å². The summed E-state index contributed by atoms with van der Waals surface area (Å²) < 4.78 is 29.1. The summed E-state index contributed by atoms with van der Waals surface area (Å²) in [5.41, 5.74) is 1.39. The number of rotatable bonds is 4. The zero-order valence-electron chi connectivity index (χ0n) is 16.4. The molecule has 0 saturated carbocycles. The minimum Gasteiger partial charge on any atom is -0.312 e. The van der Waals surface area contributed by atoms with Gasteiger partial charge in [0.2, 0.25) is 15.9 Å². The number of carbonyl (C=O) groups is 1. The Bertz CT molecular complexity index is 857. The number of hydrogen-bond acceptors (Lipinski definition) is 4. The quantitative estimate of drug-likeness (QED) is 0.853. The first-order valence-electron chi connectivity index (χ1n) is 9.91. The standard InChI is InChI=1S/C20H29N3O3S/c1-4-23-18-6-5-15(11-16(18)20(2,3)12-19(23)24)27(25,26)21-17-13-22-9-7-14(17)8-10-22/h5-6,11,14,17,21H,4,7-10,12-13H2,1-3H3. The van der Waals surface area contributed by atoms with Crippen molar-refractivity contribution in [3.05, 3.63) is 23.8 Å². The van der Waals surface area contributed by atoms with Crippen molar-refractivity contribution in [2.75, 3.05) is 31.1 Å². The first-order valence-corrected chi connectivity index (χ1v) is 11.4. The minimum absolute atomic E-state index is 0.00439. The Morgan fingerprint density at radius 3 is 2.52 bits per heavy atom. The first-order chi connectivity index (χ1) is 12.7. The molecule has 1 N–H and O–H groups in total. The van der Waals surface area contributed by atoms with Gasteiger partial charge in [-0.15, -0.1) is 0 Å². The molecule has 27 heavy (non-hydrogen) atoms. The van der Waals surface area contributed by atoms with Crippen LogP contribution in [0.1, 0.15) is 45.6 Å². The number of amides is 1. The SMILES string of the molecule is CCN1C(=O)CC(C)(C)c2cc(S(=O)(=O)NC3CN4CCC3CC4)ccc21. The average molecular weight is 392 g/mol. The third kappa shape index (κ3) is 3.30. The Morgan fingerprint density at radius 2 is 1.93 bits per heavy atom. The van der Waals surface area contributed by atoms with Crippen LogP contribution in [-0.4, -0.2) is 51.4 Å². The molecule has 0 aromatic heterocycles. The molecule has 3 fully saturated rings.